The average Bonchev–Trinajstić information content (AvgIpc) is 3.16. The van der Waals surface area contributed by atoms with E-state index in [1.54, 1.807) is 11.3 Å². The second kappa shape index (κ2) is 6.94. The number of benzene rings is 1. The minimum Gasteiger partial charge on any atom is -0.381 e. The fourth-order valence-electron chi connectivity index (χ4n) is 2.56. The number of carbonyl (C=O) groups is 1. The first-order valence-electron chi connectivity index (χ1n) is 7.49. The Bertz CT molecular complexity index is 648. The van der Waals surface area contributed by atoms with Crippen molar-refractivity contribution in [3.63, 3.8) is 0 Å². The minimum absolute atomic E-state index is 0.160. The van der Waals surface area contributed by atoms with Crippen LogP contribution in [0.4, 0.5) is 10.5 Å². The third-order valence-electron chi connectivity index (χ3n) is 3.82. The van der Waals surface area contributed by atoms with Crippen LogP contribution in [0, 0.1) is 12.8 Å². The minimum atomic E-state index is -0.160. The average molecular weight is 316 g/mol. The van der Waals surface area contributed by atoms with Gasteiger partial charge in [-0.3, -0.25) is 0 Å². The Kier molecular flexibility index (Phi) is 4.75. The van der Waals surface area contributed by atoms with Crippen molar-refractivity contribution in [2.75, 3.05) is 25.1 Å². The Labute approximate surface area is 134 Å². The van der Waals surface area contributed by atoms with Crippen LogP contribution >= 0.6 is 11.3 Å². The number of urea groups is 1. The normalized spacial score (nSPS) is 17.4. The maximum absolute atomic E-state index is 12.0. The summed E-state index contributed by atoms with van der Waals surface area (Å²) in [6.45, 7) is 4.31. The van der Waals surface area contributed by atoms with Gasteiger partial charge in [-0.15, -0.1) is 11.3 Å². The first kappa shape index (κ1) is 15.1. The maximum Gasteiger partial charge on any atom is 0.319 e. The molecule has 1 atom stereocenters. The van der Waals surface area contributed by atoms with Crippen molar-refractivity contribution in [1.82, 2.24) is 5.32 Å². The Hall–Kier alpha value is -1.85. The van der Waals surface area contributed by atoms with Crippen LogP contribution in [0.5, 0.6) is 0 Å². The van der Waals surface area contributed by atoms with Crippen molar-refractivity contribution >= 4 is 23.1 Å². The van der Waals surface area contributed by atoms with Crippen LogP contribution in [0.15, 0.2) is 35.7 Å². The number of anilines is 1. The lowest BCUT2D eigenvalue weighted by molar-refractivity contribution is 0.185. The topological polar surface area (TPSA) is 50.4 Å². The summed E-state index contributed by atoms with van der Waals surface area (Å²) in [5, 5.41) is 7.90. The molecule has 1 unspecified atom stereocenters. The van der Waals surface area contributed by atoms with Gasteiger partial charge in [0.2, 0.25) is 0 Å². The van der Waals surface area contributed by atoms with E-state index in [-0.39, 0.29) is 6.03 Å². The van der Waals surface area contributed by atoms with Gasteiger partial charge in [0, 0.05) is 29.6 Å². The lowest BCUT2D eigenvalue weighted by Gasteiger charge is -2.11. The number of ether oxygens (including phenoxy) is 1. The quantitative estimate of drug-likeness (QED) is 0.899. The van der Waals surface area contributed by atoms with Gasteiger partial charge < -0.3 is 15.4 Å². The molecule has 0 radical (unpaired) electrons. The Morgan fingerprint density at radius 2 is 2.32 bits per heavy atom. The summed E-state index contributed by atoms with van der Waals surface area (Å²) in [6, 6.07) is 9.90. The highest BCUT2D eigenvalue weighted by Crippen LogP contribution is 2.30. The molecule has 5 heteroatoms. The lowest BCUT2D eigenvalue weighted by Crippen LogP contribution is -2.33. The van der Waals surface area contributed by atoms with Gasteiger partial charge >= 0.3 is 6.03 Å². The van der Waals surface area contributed by atoms with Crippen LogP contribution in [0.25, 0.3) is 10.4 Å². The zero-order valence-electron chi connectivity index (χ0n) is 12.6. The van der Waals surface area contributed by atoms with Crippen LogP contribution in [-0.4, -0.2) is 25.8 Å². The molecular formula is C17H20N2O2S. The Balaban J connectivity index is 1.60. The lowest BCUT2D eigenvalue weighted by atomic mass is 10.1. The number of aryl methyl sites for hydroxylation is 1. The third-order valence-corrected chi connectivity index (χ3v) is 4.89. The fourth-order valence-corrected chi connectivity index (χ4v) is 3.49. The highest BCUT2D eigenvalue weighted by atomic mass is 32.1. The fraction of sp³-hybridized carbons (Fsp3) is 0.353. The summed E-state index contributed by atoms with van der Waals surface area (Å²) in [5.41, 5.74) is 3.20. The molecule has 2 amide bonds. The number of thiophene rings is 1. The highest BCUT2D eigenvalue weighted by Gasteiger charge is 2.16. The standard InChI is InChI=1S/C17H20N2O2S/c1-12-6-8-22-16(12)14-3-2-4-15(9-14)19-17(20)18-10-13-5-7-21-11-13/h2-4,6,8-9,13H,5,7,10-11H2,1H3,(H2,18,19,20). The number of rotatable bonds is 4. The molecule has 2 heterocycles. The molecule has 1 aliphatic rings. The number of nitrogens with one attached hydrogen (secondary N) is 2. The van der Waals surface area contributed by atoms with Crippen molar-refractivity contribution < 1.29 is 9.53 Å². The molecule has 0 aliphatic carbocycles. The van der Waals surface area contributed by atoms with Crippen LogP contribution in [0.1, 0.15) is 12.0 Å². The van der Waals surface area contributed by atoms with E-state index in [0.29, 0.717) is 12.5 Å². The molecule has 3 rings (SSSR count). The van der Waals surface area contributed by atoms with Crippen molar-refractivity contribution in [3.05, 3.63) is 41.3 Å². The summed E-state index contributed by atoms with van der Waals surface area (Å²) in [5.74, 6) is 0.436. The van der Waals surface area contributed by atoms with Gasteiger partial charge in [0.1, 0.15) is 0 Å². The first-order chi connectivity index (χ1) is 10.7. The molecule has 2 N–H and O–H groups in total. The van der Waals surface area contributed by atoms with E-state index in [1.807, 2.05) is 18.2 Å². The molecule has 22 heavy (non-hydrogen) atoms. The van der Waals surface area contributed by atoms with Gasteiger partial charge in [-0.2, -0.15) is 0 Å². The first-order valence-corrected chi connectivity index (χ1v) is 8.37. The van der Waals surface area contributed by atoms with Crippen LogP contribution in [0.2, 0.25) is 0 Å². The summed E-state index contributed by atoms with van der Waals surface area (Å²) in [4.78, 5) is 13.2. The SMILES string of the molecule is Cc1ccsc1-c1cccc(NC(=O)NCC2CCOC2)c1. The molecule has 4 nitrogen and oxygen atoms in total. The number of amides is 2. The second-order valence-electron chi connectivity index (χ2n) is 5.58. The third kappa shape index (κ3) is 3.67. The van der Waals surface area contributed by atoms with Gasteiger partial charge in [0.05, 0.1) is 6.61 Å². The highest BCUT2D eigenvalue weighted by molar-refractivity contribution is 7.13. The molecular weight excluding hydrogens is 296 g/mol. The zero-order chi connectivity index (χ0) is 15.4. The zero-order valence-corrected chi connectivity index (χ0v) is 13.4. The van der Waals surface area contributed by atoms with Gasteiger partial charge in [0.25, 0.3) is 0 Å². The van der Waals surface area contributed by atoms with Crippen molar-refractivity contribution in [1.29, 1.82) is 0 Å². The smallest absolute Gasteiger partial charge is 0.319 e. The number of hydrogen-bond acceptors (Lipinski definition) is 3. The Morgan fingerprint density at radius 3 is 3.05 bits per heavy atom. The van der Waals surface area contributed by atoms with Gasteiger partial charge in [-0.05, 0) is 48.1 Å². The molecule has 1 aromatic carbocycles. The van der Waals surface area contributed by atoms with Crippen molar-refractivity contribution in [2.24, 2.45) is 5.92 Å². The summed E-state index contributed by atoms with van der Waals surface area (Å²) >= 11 is 1.72. The molecule has 0 spiro atoms. The van der Waals surface area contributed by atoms with Gasteiger partial charge in [0.15, 0.2) is 0 Å². The van der Waals surface area contributed by atoms with Gasteiger partial charge in [-0.25, -0.2) is 4.79 Å². The van der Waals surface area contributed by atoms with Crippen molar-refractivity contribution in [2.45, 2.75) is 13.3 Å². The van der Waals surface area contributed by atoms with E-state index in [1.165, 1.54) is 10.4 Å². The maximum atomic E-state index is 12.0. The molecule has 1 fully saturated rings. The predicted molar refractivity (Wildman–Crippen MR) is 90.4 cm³/mol. The van der Waals surface area contributed by atoms with E-state index < -0.39 is 0 Å². The van der Waals surface area contributed by atoms with E-state index in [9.17, 15) is 4.79 Å². The van der Waals surface area contributed by atoms with E-state index in [0.717, 1.165) is 30.9 Å². The predicted octanol–water partition coefficient (Wildman–Crippen LogP) is 3.88. The van der Waals surface area contributed by atoms with Crippen LogP contribution < -0.4 is 10.6 Å². The monoisotopic (exact) mass is 316 g/mol. The molecule has 1 aromatic heterocycles. The van der Waals surface area contributed by atoms with Crippen LogP contribution in [-0.2, 0) is 4.74 Å². The number of hydrogen-bond donors (Lipinski definition) is 2. The largest absolute Gasteiger partial charge is 0.381 e. The molecule has 116 valence electrons. The second-order valence-corrected chi connectivity index (χ2v) is 6.49. The summed E-state index contributed by atoms with van der Waals surface area (Å²) < 4.78 is 5.31. The van der Waals surface area contributed by atoms with E-state index in [4.69, 9.17) is 4.74 Å². The van der Waals surface area contributed by atoms with Crippen molar-refractivity contribution in [3.8, 4) is 10.4 Å². The van der Waals surface area contributed by atoms with Gasteiger partial charge in [-0.1, -0.05) is 12.1 Å². The van der Waals surface area contributed by atoms with Crippen LogP contribution in [0.3, 0.4) is 0 Å². The van der Waals surface area contributed by atoms with E-state index >= 15 is 0 Å². The molecule has 2 aromatic rings. The molecule has 0 bridgehead atoms. The van der Waals surface area contributed by atoms with E-state index in [2.05, 4.69) is 35.1 Å². The summed E-state index contributed by atoms with van der Waals surface area (Å²) in [6.07, 6.45) is 1.02. The Morgan fingerprint density at radius 1 is 1.41 bits per heavy atom. The summed E-state index contributed by atoms with van der Waals surface area (Å²) in [7, 11) is 0. The molecule has 1 saturated heterocycles. The number of carbonyl (C=O) groups excluding carboxylic acids is 1. The molecule has 0 saturated carbocycles. The molecule has 1 aliphatic heterocycles.